The monoisotopic (exact) mass is 443 g/mol. The first-order valence-electron chi connectivity index (χ1n) is 10.1. The van der Waals surface area contributed by atoms with E-state index in [0.717, 1.165) is 35.2 Å². The lowest BCUT2D eigenvalue weighted by Gasteiger charge is -2.17. The third-order valence-corrected chi connectivity index (χ3v) is 7.55. The standard InChI is InChI=1S/C22H25N3O3S2/c1-24(15-8-4-3-5-9-15)18(26)14-29-22-23-20-19(21(27)25(22)12-13-28-2)16-10-6-7-11-17(16)30-20/h3-5,8-9H,6-7,10-14H2,1-2H3. The summed E-state index contributed by atoms with van der Waals surface area (Å²) in [5.41, 5.74) is 2.01. The van der Waals surface area contributed by atoms with E-state index in [0.29, 0.717) is 18.3 Å². The van der Waals surface area contributed by atoms with Crippen LogP contribution in [-0.2, 0) is 28.9 Å². The number of thioether (sulfide) groups is 1. The van der Waals surface area contributed by atoms with Crippen LogP contribution in [-0.4, -0.2) is 42.0 Å². The minimum Gasteiger partial charge on any atom is -0.383 e. The molecule has 0 radical (unpaired) electrons. The molecule has 3 aromatic rings. The molecule has 0 saturated heterocycles. The Morgan fingerprint density at radius 2 is 2.03 bits per heavy atom. The van der Waals surface area contributed by atoms with Crippen LogP contribution in [0, 0.1) is 0 Å². The highest BCUT2D eigenvalue weighted by atomic mass is 32.2. The van der Waals surface area contributed by atoms with E-state index in [1.807, 2.05) is 30.3 Å². The number of rotatable bonds is 7. The van der Waals surface area contributed by atoms with Gasteiger partial charge in [-0.15, -0.1) is 11.3 Å². The zero-order chi connectivity index (χ0) is 21.1. The predicted molar refractivity (Wildman–Crippen MR) is 123 cm³/mol. The molecule has 4 rings (SSSR count). The predicted octanol–water partition coefficient (Wildman–Crippen LogP) is 3.74. The fourth-order valence-corrected chi connectivity index (χ4v) is 5.97. The first-order chi connectivity index (χ1) is 14.6. The van der Waals surface area contributed by atoms with E-state index in [1.54, 1.807) is 35.0 Å². The molecule has 8 heteroatoms. The number of amides is 1. The first-order valence-corrected chi connectivity index (χ1v) is 11.9. The summed E-state index contributed by atoms with van der Waals surface area (Å²) in [5, 5.41) is 1.35. The Morgan fingerprint density at radius 3 is 2.80 bits per heavy atom. The molecule has 1 aliphatic carbocycles. The number of carbonyl (C=O) groups excluding carboxylic acids is 1. The molecule has 0 atom stereocenters. The second-order valence-corrected chi connectivity index (χ2v) is 9.34. The molecular formula is C22H25N3O3S2. The Kier molecular flexibility index (Phi) is 6.55. The minimum atomic E-state index is -0.0377. The van der Waals surface area contributed by atoms with E-state index in [9.17, 15) is 9.59 Å². The zero-order valence-corrected chi connectivity index (χ0v) is 18.9. The zero-order valence-electron chi connectivity index (χ0n) is 17.2. The molecule has 1 aromatic carbocycles. The number of methoxy groups -OCH3 is 1. The van der Waals surface area contributed by atoms with Gasteiger partial charge in [0.25, 0.3) is 5.56 Å². The highest BCUT2D eigenvalue weighted by Gasteiger charge is 2.23. The molecule has 30 heavy (non-hydrogen) atoms. The molecule has 0 fully saturated rings. The summed E-state index contributed by atoms with van der Waals surface area (Å²) >= 11 is 2.95. The second kappa shape index (κ2) is 9.32. The molecule has 158 valence electrons. The van der Waals surface area contributed by atoms with Gasteiger partial charge in [-0.05, 0) is 43.4 Å². The van der Waals surface area contributed by atoms with Crippen molar-refractivity contribution < 1.29 is 9.53 Å². The maximum absolute atomic E-state index is 13.4. The Balaban J connectivity index is 1.64. The third kappa shape index (κ3) is 4.17. The number of benzene rings is 1. The van der Waals surface area contributed by atoms with Crippen LogP contribution in [0.5, 0.6) is 0 Å². The summed E-state index contributed by atoms with van der Waals surface area (Å²) in [6.07, 6.45) is 4.26. The van der Waals surface area contributed by atoms with Gasteiger partial charge in [0.2, 0.25) is 5.91 Å². The number of thiophene rings is 1. The van der Waals surface area contributed by atoms with Crippen molar-refractivity contribution in [2.75, 3.05) is 31.4 Å². The number of carbonyl (C=O) groups is 1. The van der Waals surface area contributed by atoms with Crippen molar-refractivity contribution in [2.24, 2.45) is 0 Å². The summed E-state index contributed by atoms with van der Waals surface area (Å²) in [6.45, 7) is 0.846. The summed E-state index contributed by atoms with van der Waals surface area (Å²) in [4.78, 5) is 34.6. The molecule has 2 aromatic heterocycles. The average Bonchev–Trinajstić information content (AvgIpc) is 3.15. The maximum atomic E-state index is 13.4. The van der Waals surface area contributed by atoms with Crippen molar-refractivity contribution in [3.8, 4) is 0 Å². The minimum absolute atomic E-state index is 0.0113. The van der Waals surface area contributed by atoms with Crippen LogP contribution in [0.25, 0.3) is 10.2 Å². The van der Waals surface area contributed by atoms with Gasteiger partial charge in [0, 0.05) is 24.7 Å². The van der Waals surface area contributed by atoms with Gasteiger partial charge in [-0.1, -0.05) is 30.0 Å². The van der Waals surface area contributed by atoms with Crippen molar-refractivity contribution >= 4 is 44.9 Å². The molecule has 1 amide bonds. The molecule has 1 aliphatic rings. The summed E-state index contributed by atoms with van der Waals surface area (Å²) in [7, 11) is 3.38. The quantitative estimate of drug-likeness (QED) is 0.411. The summed E-state index contributed by atoms with van der Waals surface area (Å²) in [5.74, 6) is 0.172. The highest BCUT2D eigenvalue weighted by molar-refractivity contribution is 7.99. The van der Waals surface area contributed by atoms with E-state index in [-0.39, 0.29) is 17.2 Å². The summed E-state index contributed by atoms with van der Waals surface area (Å²) in [6, 6.07) is 9.53. The average molecular weight is 444 g/mol. The van der Waals surface area contributed by atoms with Crippen molar-refractivity contribution in [3.63, 3.8) is 0 Å². The van der Waals surface area contributed by atoms with Gasteiger partial charge in [-0.2, -0.15) is 0 Å². The van der Waals surface area contributed by atoms with Crippen LogP contribution in [0.4, 0.5) is 5.69 Å². The Bertz CT molecular complexity index is 1110. The van der Waals surface area contributed by atoms with Gasteiger partial charge in [0.1, 0.15) is 4.83 Å². The van der Waals surface area contributed by atoms with Crippen molar-refractivity contribution in [1.29, 1.82) is 0 Å². The fraction of sp³-hybridized carbons (Fsp3) is 0.409. The lowest BCUT2D eigenvalue weighted by atomic mass is 9.97. The van der Waals surface area contributed by atoms with E-state index >= 15 is 0 Å². The van der Waals surface area contributed by atoms with Gasteiger partial charge in [0.05, 0.1) is 24.3 Å². The molecular weight excluding hydrogens is 418 g/mol. The highest BCUT2D eigenvalue weighted by Crippen LogP contribution is 2.34. The van der Waals surface area contributed by atoms with Gasteiger partial charge < -0.3 is 9.64 Å². The number of para-hydroxylation sites is 1. The Labute approximate surface area is 183 Å². The fourth-order valence-electron chi connectivity index (χ4n) is 3.73. The maximum Gasteiger partial charge on any atom is 0.263 e. The number of aryl methyl sites for hydroxylation is 2. The largest absolute Gasteiger partial charge is 0.383 e. The van der Waals surface area contributed by atoms with E-state index in [4.69, 9.17) is 9.72 Å². The number of anilines is 1. The van der Waals surface area contributed by atoms with E-state index in [2.05, 4.69) is 0 Å². The topological polar surface area (TPSA) is 64.4 Å². The lowest BCUT2D eigenvalue weighted by molar-refractivity contribution is -0.115. The van der Waals surface area contributed by atoms with Gasteiger partial charge in [-0.25, -0.2) is 4.98 Å². The lowest BCUT2D eigenvalue weighted by Crippen LogP contribution is -2.29. The molecule has 0 aliphatic heterocycles. The number of hydrogen-bond donors (Lipinski definition) is 0. The molecule has 0 saturated carbocycles. The number of nitrogens with zero attached hydrogens (tertiary/aromatic N) is 3. The van der Waals surface area contributed by atoms with Crippen LogP contribution in [0.2, 0.25) is 0 Å². The molecule has 0 unspecified atom stereocenters. The molecule has 6 nitrogen and oxygen atoms in total. The molecule has 2 heterocycles. The van der Waals surface area contributed by atoms with Crippen molar-refractivity contribution in [1.82, 2.24) is 9.55 Å². The number of aromatic nitrogens is 2. The van der Waals surface area contributed by atoms with Crippen LogP contribution in [0.1, 0.15) is 23.3 Å². The van der Waals surface area contributed by atoms with Gasteiger partial charge >= 0.3 is 0 Å². The molecule has 0 bridgehead atoms. The third-order valence-electron chi connectivity index (χ3n) is 5.40. The SMILES string of the molecule is COCCn1c(SCC(=O)N(C)c2ccccc2)nc2sc3c(c2c1=O)CCCC3. The van der Waals surface area contributed by atoms with Gasteiger partial charge in [0.15, 0.2) is 5.16 Å². The number of fused-ring (bicyclic) bond motifs is 3. The number of hydrogen-bond acceptors (Lipinski definition) is 6. The van der Waals surface area contributed by atoms with Crippen LogP contribution in [0.15, 0.2) is 40.3 Å². The van der Waals surface area contributed by atoms with Gasteiger partial charge in [-0.3, -0.25) is 14.2 Å². The Hall–Kier alpha value is -2.16. The molecule has 0 spiro atoms. The second-order valence-electron chi connectivity index (χ2n) is 7.31. The smallest absolute Gasteiger partial charge is 0.263 e. The van der Waals surface area contributed by atoms with Crippen LogP contribution >= 0.6 is 23.1 Å². The van der Waals surface area contributed by atoms with E-state index < -0.39 is 0 Å². The Morgan fingerprint density at radius 1 is 1.27 bits per heavy atom. The molecule has 0 N–H and O–H groups in total. The van der Waals surface area contributed by atoms with Crippen molar-refractivity contribution in [2.45, 2.75) is 37.4 Å². The first kappa shape index (κ1) is 21.1. The number of ether oxygens (including phenoxy) is 1. The summed E-state index contributed by atoms with van der Waals surface area (Å²) < 4.78 is 6.89. The van der Waals surface area contributed by atoms with Crippen LogP contribution in [0.3, 0.4) is 0 Å². The van der Waals surface area contributed by atoms with E-state index in [1.165, 1.54) is 28.6 Å². The van der Waals surface area contributed by atoms with Crippen molar-refractivity contribution in [3.05, 3.63) is 51.1 Å². The van der Waals surface area contributed by atoms with Crippen LogP contribution < -0.4 is 10.5 Å². The normalized spacial score (nSPS) is 13.4.